The van der Waals surface area contributed by atoms with E-state index in [2.05, 4.69) is 71.0 Å². The van der Waals surface area contributed by atoms with Gasteiger partial charge >= 0.3 is 6.98 Å². The highest BCUT2D eigenvalue weighted by Gasteiger charge is 2.40. The van der Waals surface area contributed by atoms with Crippen molar-refractivity contribution in [2.24, 2.45) is 0 Å². The lowest BCUT2D eigenvalue weighted by molar-refractivity contribution is 0.216. The van der Waals surface area contributed by atoms with E-state index in [0.717, 1.165) is 6.54 Å². The molecule has 1 aliphatic rings. The molecular weight excluding hydrogens is 207 g/mol. The van der Waals surface area contributed by atoms with E-state index in [9.17, 15) is 0 Å². The molecule has 0 spiro atoms. The van der Waals surface area contributed by atoms with Crippen molar-refractivity contribution >= 4 is 6.98 Å². The van der Waals surface area contributed by atoms with Crippen molar-refractivity contribution in [3.63, 3.8) is 0 Å². The predicted molar refractivity (Wildman–Crippen MR) is 78.1 cm³/mol. The Labute approximate surface area is 108 Å². The fraction of sp³-hybridized carbons (Fsp3) is 0.857. The van der Waals surface area contributed by atoms with Crippen molar-refractivity contribution in [1.82, 2.24) is 9.62 Å². The molecule has 0 aromatic rings. The monoisotopic (exact) mass is 236 g/mol. The number of hydrogen-bond acceptors (Lipinski definition) is 2. The van der Waals surface area contributed by atoms with Crippen LogP contribution in [0.2, 0.25) is 0 Å². The fourth-order valence-corrected chi connectivity index (χ4v) is 2.85. The van der Waals surface area contributed by atoms with Crippen LogP contribution in [-0.4, -0.2) is 40.8 Å². The van der Waals surface area contributed by atoms with Gasteiger partial charge in [-0.2, -0.15) is 0 Å². The highest BCUT2D eigenvalue weighted by molar-refractivity contribution is 6.60. The second kappa shape index (κ2) is 5.15. The SMILES string of the molecule is CC1=CB(N(C(C)C)C(C)C)N(C(C)(C)C)C1. The average Bonchev–Trinajstić information content (AvgIpc) is 2.44. The molecule has 0 N–H and O–H groups in total. The van der Waals surface area contributed by atoms with Crippen LogP contribution >= 0.6 is 0 Å². The number of nitrogens with zero attached hydrogens (tertiary/aromatic N) is 2. The van der Waals surface area contributed by atoms with Gasteiger partial charge in [0, 0.05) is 12.1 Å². The average molecular weight is 236 g/mol. The Bertz CT molecular complexity index is 281. The molecule has 1 heterocycles. The highest BCUT2D eigenvalue weighted by Crippen LogP contribution is 2.27. The van der Waals surface area contributed by atoms with Crippen molar-refractivity contribution in [2.75, 3.05) is 6.54 Å². The Morgan fingerprint density at radius 3 is 2.00 bits per heavy atom. The lowest BCUT2D eigenvalue weighted by Crippen LogP contribution is -2.60. The zero-order valence-corrected chi connectivity index (χ0v) is 12.9. The van der Waals surface area contributed by atoms with Crippen LogP contribution in [0.1, 0.15) is 55.4 Å². The van der Waals surface area contributed by atoms with Gasteiger partial charge in [0.2, 0.25) is 0 Å². The topological polar surface area (TPSA) is 6.48 Å². The maximum Gasteiger partial charge on any atom is 0.339 e. The maximum atomic E-state index is 2.60. The molecule has 0 bridgehead atoms. The molecule has 0 aliphatic carbocycles. The molecule has 1 rings (SSSR count). The zero-order valence-electron chi connectivity index (χ0n) is 12.9. The molecule has 98 valence electrons. The fourth-order valence-electron chi connectivity index (χ4n) is 2.85. The highest BCUT2D eigenvalue weighted by atomic mass is 15.3. The molecule has 0 radical (unpaired) electrons. The van der Waals surface area contributed by atoms with E-state index in [1.165, 1.54) is 5.57 Å². The molecule has 0 amide bonds. The third kappa shape index (κ3) is 3.35. The predicted octanol–water partition coefficient (Wildman–Crippen LogP) is 3.19. The summed E-state index contributed by atoms with van der Waals surface area (Å²) in [5, 5.41) is 0. The van der Waals surface area contributed by atoms with Gasteiger partial charge in [-0.25, -0.2) is 0 Å². The minimum Gasteiger partial charge on any atom is -0.320 e. The first-order chi connectivity index (χ1) is 7.64. The van der Waals surface area contributed by atoms with Crippen LogP contribution in [0, 0.1) is 0 Å². The number of hydrogen-bond donors (Lipinski definition) is 0. The van der Waals surface area contributed by atoms with Crippen molar-refractivity contribution in [1.29, 1.82) is 0 Å². The van der Waals surface area contributed by atoms with Gasteiger partial charge in [-0.1, -0.05) is 39.2 Å². The second-order valence-corrected chi connectivity index (χ2v) is 6.86. The molecule has 0 aromatic heterocycles. The van der Waals surface area contributed by atoms with E-state index >= 15 is 0 Å². The quantitative estimate of drug-likeness (QED) is 0.694. The largest absolute Gasteiger partial charge is 0.339 e. The normalized spacial score (nSPS) is 18.8. The Balaban J connectivity index is 2.99. The van der Waals surface area contributed by atoms with Crippen LogP contribution < -0.4 is 0 Å². The van der Waals surface area contributed by atoms with Crippen molar-refractivity contribution in [3.8, 4) is 0 Å². The summed E-state index contributed by atoms with van der Waals surface area (Å²) < 4.78 is 0. The van der Waals surface area contributed by atoms with E-state index in [-0.39, 0.29) is 5.54 Å². The Hall–Kier alpha value is -0.275. The van der Waals surface area contributed by atoms with Gasteiger partial charge < -0.3 is 9.62 Å². The van der Waals surface area contributed by atoms with Crippen LogP contribution in [0.25, 0.3) is 0 Å². The van der Waals surface area contributed by atoms with E-state index in [1.807, 2.05) is 0 Å². The third-order valence-corrected chi connectivity index (χ3v) is 3.53. The van der Waals surface area contributed by atoms with E-state index in [4.69, 9.17) is 0 Å². The van der Waals surface area contributed by atoms with E-state index in [0.29, 0.717) is 19.1 Å². The summed E-state index contributed by atoms with van der Waals surface area (Å²) >= 11 is 0. The summed E-state index contributed by atoms with van der Waals surface area (Å²) in [5.41, 5.74) is 1.72. The second-order valence-electron chi connectivity index (χ2n) is 6.86. The van der Waals surface area contributed by atoms with Gasteiger partial charge in [0.05, 0.1) is 0 Å². The summed E-state index contributed by atoms with van der Waals surface area (Å²) in [6.45, 7) is 19.9. The third-order valence-electron chi connectivity index (χ3n) is 3.53. The molecule has 1 aliphatic heterocycles. The van der Waals surface area contributed by atoms with Crippen molar-refractivity contribution < 1.29 is 0 Å². The van der Waals surface area contributed by atoms with Crippen LogP contribution in [-0.2, 0) is 0 Å². The molecule has 0 unspecified atom stereocenters. The van der Waals surface area contributed by atoms with Crippen molar-refractivity contribution in [2.45, 2.75) is 73.0 Å². The van der Waals surface area contributed by atoms with Crippen LogP contribution in [0.15, 0.2) is 11.5 Å². The van der Waals surface area contributed by atoms with Crippen LogP contribution in [0.4, 0.5) is 0 Å². The summed E-state index contributed by atoms with van der Waals surface area (Å²) in [6, 6.07) is 1.15. The first-order valence-corrected chi connectivity index (χ1v) is 6.86. The Kier molecular flexibility index (Phi) is 4.48. The zero-order chi connectivity index (χ0) is 13.4. The molecule has 0 saturated heterocycles. The van der Waals surface area contributed by atoms with Crippen molar-refractivity contribution in [3.05, 3.63) is 11.5 Å². The molecule has 3 heteroatoms. The van der Waals surface area contributed by atoms with Gasteiger partial charge in [0.25, 0.3) is 0 Å². The minimum absolute atomic E-state index is 0.223. The lowest BCUT2D eigenvalue weighted by atomic mass is 9.68. The molecule has 0 fully saturated rings. The van der Waals surface area contributed by atoms with Crippen LogP contribution in [0.5, 0.6) is 0 Å². The van der Waals surface area contributed by atoms with Crippen LogP contribution in [0.3, 0.4) is 0 Å². The first kappa shape index (κ1) is 14.8. The molecule has 0 saturated carbocycles. The van der Waals surface area contributed by atoms with E-state index < -0.39 is 0 Å². The van der Waals surface area contributed by atoms with Gasteiger partial charge in [0.15, 0.2) is 0 Å². The molecule has 0 atom stereocenters. The van der Waals surface area contributed by atoms with Gasteiger partial charge in [-0.3, -0.25) is 0 Å². The standard InChI is InChI=1S/C14H29BN2/c1-11(2)17(12(3)4)15-9-13(5)10-16(15)14(6,7)8/h9,11-12H,10H2,1-8H3. The molecular formula is C14H29BN2. The van der Waals surface area contributed by atoms with Gasteiger partial charge in [-0.05, 0) is 39.8 Å². The molecule has 17 heavy (non-hydrogen) atoms. The maximum absolute atomic E-state index is 2.60. The number of rotatable bonds is 3. The Morgan fingerprint density at radius 1 is 1.18 bits per heavy atom. The summed E-state index contributed by atoms with van der Waals surface area (Å²) in [5.74, 6) is 2.44. The Morgan fingerprint density at radius 2 is 1.65 bits per heavy atom. The first-order valence-electron chi connectivity index (χ1n) is 6.86. The van der Waals surface area contributed by atoms with E-state index in [1.54, 1.807) is 0 Å². The smallest absolute Gasteiger partial charge is 0.320 e. The van der Waals surface area contributed by atoms with Gasteiger partial charge in [0.1, 0.15) is 0 Å². The summed E-state index contributed by atoms with van der Waals surface area (Å²) in [4.78, 5) is 5.20. The summed E-state index contributed by atoms with van der Waals surface area (Å²) in [7, 11) is 0. The lowest BCUT2D eigenvalue weighted by Gasteiger charge is -2.43. The molecule has 0 aromatic carbocycles. The minimum atomic E-state index is 0.223. The summed E-state index contributed by atoms with van der Waals surface area (Å²) in [6.07, 6.45) is 0. The van der Waals surface area contributed by atoms with Gasteiger partial charge in [-0.15, -0.1) is 0 Å². The molecule has 2 nitrogen and oxygen atoms in total.